The molecule has 0 fully saturated rings. The van der Waals surface area contributed by atoms with E-state index in [1.165, 1.54) is 11.8 Å². The standard InChI is InChI=1S/C13H18N2O4S/c1-7-9-4-6-20-10(9)3-5-15(7)13(19)14-11(8(2)16)12(17)18/h4,6-8,11,16H,3,5H2,1-2H3,(H,14,19)(H,17,18). The Bertz CT molecular complexity index is 514. The van der Waals surface area contributed by atoms with Crippen LogP contribution in [0.2, 0.25) is 0 Å². The smallest absolute Gasteiger partial charge is 0.328 e. The fraction of sp³-hybridized carbons (Fsp3) is 0.538. The molecule has 0 aliphatic carbocycles. The van der Waals surface area contributed by atoms with Crippen molar-refractivity contribution in [3.63, 3.8) is 0 Å². The molecule has 0 aromatic carbocycles. The van der Waals surface area contributed by atoms with Crippen molar-refractivity contribution in [2.75, 3.05) is 6.54 Å². The van der Waals surface area contributed by atoms with E-state index in [1.807, 2.05) is 18.4 Å². The van der Waals surface area contributed by atoms with Gasteiger partial charge in [0.25, 0.3) is 0 Å². The first-order chi connectivity index (χ1) is 9.41. The number of fused-ring (bicyclic) bond motifs is 1. The molecule has 3 atom stereocenters. The van der Waals surface area contributed by atoms with E-state index in [2.05, 4.69) is 5.32 Å². The van der Waals surface area contributed by atoms with Crippen molar-refractivity contribution < 1.29 is 19.8 Å². The minimum Gasteiger partial charge on any atom is -0.480 e. The molecule has 20 heavy (non-hydrogen) atoms. The minimum atomic E-state index is -1.29. The van der Waals surface area contributed by atoms with Crippen LogP contribution in [-0.2, 0) is 11.2 Å². The Morgan fingerprint density at radius 3 is 2.85 bits per heavy atom. The van der Waals surface area contributed by atoms with Crippen LogP contribution in [0.1, 0.15) is 30.3 Å². The molecule has 2 heterocycles. The quantitative estimate of drug-likeness (QED) is 0.782. The zero-order valence-corrected chi connectivity index (χ0v) is 12.2. The number of hydrogen-bond acceptors (Lipinski definition) is 4. The zero-order valence-electron chi connectivity index (χ0n) is 11.4. The molecule has 110 valence electrons. The summed E-state index contributed by atoms with van der Waals surface area (Å²) in [5.74, 6) is -1.24. The predicted molar refractivity (Wildman–Crippen MR) is 74.8 cm³/mol. The number of urea groups is 1. The number of nitrogens with zero attached hydrogens (tertiary/aromatic N) is 1. The summed E-state index contributed by atoms with van der Waals surface area (Å²) >= 11 is 1.67. The Hall–Kier alpha value is -1.60. The molecular formula is C13H18N2O4S. The molecule has 1 aromatic heterocycles. The third-order valence-electron chi connectivity index (χ3n) is 3.57. The molecule has 2 amide bonds. The van der Waals surface area contributed by atoms with Crippen LogP contribution in [0.15, 0.2) is 11.4 Å². The number of thiophene rings is 1. The molecule has 0 spiro atoms. The Morgan fingerprint density at radius 2 is 2.25 bits per heavy atom. The van der Waals surface area contributed by atoms with Crippen LogP contribution in [0.4, 0.5) is 4.79 Å². The van der Waals surface area contributed by atoms with Gasteiger partial charge in [0.2, 0.25) is 0 Å². The molecule has 0 bridgehead atoms. The van der Waals surface area contributed by atoms with Crippen LogP contribution in [0.25, 0.3) is 0 Å². The van der Waals surface area contributed by atoms with E-state index in [4.69, 9.17) is 5.11 Å². The highest BCUT2D eigenvalue weighted by atomic mass is 32.1. The fourth-order valence-electron chi connectivity index (χ4n) is 2.39. The van der Waals surface area contributed by atoms with E-state index in [9.17, 15) is 14.7 Å². The van der Waals surface area contributed by atoms with Crippen LogP contribution in [-0.4, -0.2) is 45.8 Å². The number of nitrogens with one attached hydrogen (secondary N) is 1. The maximum Gasteiger partial charge on any atom is 0.328 e. The van der Waals surface area contributed by atoms with Crippen LogP contribution >= 0.6 is 11.3 Å². The van der Waals surface area contributed by atoms with Gasteiger partial charge < -0.3 is 20.4 Å². The summed E-state index contributed by atoms with van der Waals surface area (Å²) in [6.45, 7) is 3.81. The van der Waals surface area contributed by atoms with Crippen molar-refractivity contribution in [3.05, 3.63) is 21.9 Å². The highest BCUT2D eigenvalue weighted by molar-refractivity contribution is 7.10. The third kappa shape index (κ3) is 2.78. The Kier molecular flexibility index (Phi) is 4.29. The molecule has 1 aromatic rings. The van der Waals surface area contributed by atoms with Gasteiger partial charge in [-0.05, 0) is 37.3 Å². The maximum atomic E-state index is 12.2. The predicted octanol–water partition coefficient (Wildman–Crippen LogP) is 1.21. The SMILES string of the molecule is CC(O)C(NC(=O)N1CCc2sccc2C1C)C(=O)O. The van der Waals surface area contributed by atoms with Gasteiger partial charge in [-0.1, -0.05) is 0 Å². The summed E-state index contributed by atoms with van der Waals surface area (Å²) in [5, 5.41) is 22.8. The van der Waals surface area contributed by atoms with Gasteiger partial charge in [0.05, 0.1) is 12.1 Å². The first-order valence-electron chi connectivity index (χ1n) is 6.46. The molecule has 0 saturated heterocycles. The molecule has 2 rings (SSSR count). The average Bonchev–Trinajstić information content (AvgIpc) is 2.84. The van der Waals surface area contributed by atoms with Gasteiger partial charge in [0.15, 0.2) is 6.04 Å². The van der Waals surface area contributed by atoms with E-state index >= 15 is 0 Å². The molecule has 6 nitrogen and oxygen atoms in total. The maximum absolute atomic E-state index is 12.2. The van der Waals surface area contributed by atoms with E-state index in [0.29, 0.717) is 6.54 Å². The summed E-state index contributed by atoms with van der Waals surface area (Å²) in [7, 11) is 0. The van der Waals surface area contributed by atoms with Gasteiger partial charge >= 0.3 is 12.0 Å². The van der Waals surface area contributed by atoms with Gasteiger partial charge in [0, 0.05) is 11.4 Å². The Labute approximate surface area is 121 Å². The highest BCUT2D eigenvalue weighted by Crippen LogP contribution is 2.32. The minimum absolute atomic E-state index is 0.0894. The number of aliphatic carboxylic acids is 1. The lowest BCUT2D eigenvalue weighted by Crippen LogP contribution is -2.53. The molecule has 1 aliphatic heterocycles. The van der Waals surface area contributed by atoms with Crippen molar-refractivity contribution in [1.29, 1.82) is 0 Å². The Morgan fingerprint density at radius 1 is 1.55 bits per heavy atom. The monoisotopic (exact) mass is 298 g/mol. The van der Waals surface area contributed by atoms with Crippen molar-refractivity contribution in [1.82, 2.24) is 10.2 Å². The van der Waals surface area contributed by atoms with E-state index in [0.717, 1.165) is 12.0 Å². The van der Waals surface area contributed by atoms with Crippen molar-refractivity contribution in [2.24, 2.45) is 0 Å². The number of carbonyl (C=O) groups is 2. The number of aliphatic hydroxyl groups is 1. The van der Waals surface area contributed by atoms with Gasteiger partial charge in [-0.3, -0.25) is 0 Å². The average molecular weight is 298 g/mol. The first kappa shape index (κ1) is 14.8. The van der Waals surface area contributed by atoms with Gasteiger partial charge in [0.1, 0.15) is 0 Å². The van der Waals surface area contributed by atoms with Crippen molar-refractivity contribution in [3.8, 4) is 0 Å². The fourth-order valence-corrected chi connectivity index (χ4v) is 3.35. The Balaban J connectivity index is 2.09. The molecule has 3 N–H and O–H groups in total. The second-order valence-corrected chi connectivity index (χ2v) is 5.93. The topological polar surface area (TPSA) is 89.9 Å². The lowest BCUT2D eigenvalue weighted by atomic mass is 10.0. The summed E-state index contributed by atoms with van der Waals surface area (Å²) < 4.78 is 0. The third-order valence-corrected chi connectivity index (χ3v) is 4.56. The van der Waals surface area contributed by atoms with Crippen molar-refractivity contribution >= 4 is 23.3 Å². The van der Waals surface area contributed by atoms with Crippen LogP contribution in [0.3, 0.4) is 0 Å². The van der Waals surface area contributed by atoms with E-state index in [-0.39, 0.29) is 6.04 Å². The molecule has 3 unspecified atom stereocenters. The number of carboxylic acids is 1. The highest BCUT2D eigenvalue weighted by Gasteiger charge is 2.32. The number of amides is 2. The number of aliphatic hydroxyl groups excluding tert-OH is 1. The number of carboxylic acid groups (broad SMARTS) is 1. The van der Waals surface area contributed by atoms with Crippen LogP contribution in [0.5, 0.6) is 0 Å². The summed E-state index contributed by atoms with van der Waals surface area (Å²) in [5.41, 5.74) is 1.11. The first-order valence-corrected chi connectivity index (χ1v) is 7.34. The van der Waals surface area contributed by atoms with Crippen LogP contribution in [0, 0.1) is 0 Å². The van der Waals surface area contributed by atoms with E-state index < -0.39 is 24.1 Å². The molecule has 0 saturated carbocycles. The number of carbonyl (C=O) groups excluding carboxylic acids is 1. The summed E-state index contributed by atoms with van der Waals surface area (Å²) in [6, 6.07) is 0.155. The molecule has 7 heteroatoms. The molecular weight excluding hydrogens is 280 g/mol. The summed E-state index contributed by atoms with van der Waals surface area (Å²) in [6.07, 6.45) is -0.370. The van der Waals surface area contributed by atoms with Gasteiger partial charge in [-0.25, -0.2) is 9.59 Å². The van der Waals surface area contributed by atoms with E-state index in [1.54, 1.807) is 16.2 Å². The largest absolute Gasteiger partial charge is 0.480 e. The van der Waals surface area contributed by atoms with Gasteiger partial charge in [-0.15, -0.1) is 11.3 Å². The second-order valence-electron chi connectivity index (χ2n) is 4.92. The van der Waals surface area contributed by atoms with Gasteiger partial charge in [-0.2, -0.15) is 0 Å². The molecule has 0 radical (unpaired) electrons. The summed E-state index contributed by atoms with van der Waals surface area (Å²) in [4.78, 5) is 26.1. The number of hydrogen-bond donors (Lipinski definition) is 3. The van der Waals surface area contributed by atoms with Crippen molar-refractivity contribution in [2.45, 2.75) is 38.5 Å². The lowest BCUT2D eigenvalue weighted by Gasteiger charge is -2.34. The second kappa shape index (κ2) is 5.80. The normalized spacial score (nSPS) is 20.9. The lowest BCUT2D eigenvalue weighted by molar-refractivity contribution is -0.141. The zero-order chi connectivity index (χ0) is 14.9. The number of rotatable bonds is 3. The molecule has 1 aliphatic rings. The van der Waals surface area contributed by atoms with Crippen LogP contribution < -0.4 is 5.32 Å².